The van der Waals surface area contributed by atoms with Gasteiger partial charge in [-0.05, 0) is 35.2 Å². The van der Waals surface area contributed by atoms with Crippen LogP contribution in [0.2, 0.25) is 5.02 Å². The quantitative estimate of drug-likeness (QED) is 0.209. The molecule has 4 aromatic rings. The van der Waals surface area contributed by atoms with Crippen LogP contribution in [0.15, 0.2) is 54.6 Å². The van der Waals surface area contributed by atoms with Crippen molar-refractivity contribution in [1.82, 2.24) is 19.9 Å². The van der Waals surface area contributed by atoms with Gasteiger partial charge in [-0.1, -0.05) is 48.0 Å². The Balaban J connectivity index is 1.05. The lowest BCUT2D eigenvalue weighted by molar-refractivity contribution is -0.0938. The number of morpholine rings is 1. The van der Waals surface area contributed by atoms with Gasteiger partial charge in [-0.15, -0.1) is 0 Å². The smallest absolute Gasteiger partial charge is 0.411 e. The molecule has 0 unspecified atom stereocenters. The van der Waals surface area contributed by atoms with Gasteiger partial charge in [-0.25, -0.2) is 9.78 Å². The molecule has 2 aliphatic rings. The second-order valence-corrected chi connectivity index (χ2v) is 11.1. The largest absolute Gasteiger partial charge is 0.462 e. The van der Waals surface area contributed by atoms with E-state index in [4.69, 9.17) is 35.7 Å². The SMILES string of the molecule is O=C(Nc1ccc(-c2ccc(-c3nc4nc(O[C@H]5CO[C@H](C#CO)[C@@H](O)C5)[nH]c4cc3Cl)cc2)cc1)OCCN1CCOCC1. The summed E-state index contributed by atoms with van der Waals surface area (Å²) in [6, 6.07) is 17.3. The van der Waals surface area contributed by atoms with Gasteiger partial charge in [0.25, 0.3) is 6.01 Å². The van der Waals surface area contributed by atoms with E-state index in [1.807, 2.05) is 48.5 Å². The van der Waals surface area contributed by atoms with E-state index in [0.29, 0.717) is 53.9 Å². The third-order valence-electron chi connectivity index (χ3n) is 7.57. The minimum absolute atomic E-state index is 0.181. The van der Waals surface area contributed by atoms with Crippen molar-refractivity contribution in [1.29, 1.82) is 0 Å². The van der Waals surface area contributed by atoms with Crippen molar-refractivity contribution in [3.8, 4) is 40.4 Å². The number of ether oxygens (including phenoxy) is 4. The summed E-state index contributed by atoms with van der Waals surface area (Å²) < 4.78 is 22.0. The third-order valence-corrected chi connectivity index (χ3v) is 7.86. The van der Waals surface area contributed by atoms with Crippen LogP contribution in [0.3, 0.4) is 0 Å². The van der Waals surface area contributed by atoms with Crippen LogP contribution in [0.25, 0.3) is 33.5 Å². The molecule has 0 bridgehead atoms. The number of halogens is 1. The van der Waals surface area contributed by atoms with E-state index in [9.17, 15) is 9.90 Å². The normalized spacial score (nSPS) is 20.3. The average molecular weight is 634 g/mol. The highest BCUT2D eigenvalue weighted by molar-refractivity contribution is 6.33. The predicted molar refractivity (Wildman–Crippen MR) is 166 cm³/mol. The van der Waals surface area contributed by atoms with E-state index >= 15 is 0 Å². The Hall–Kier alpha value is -4.38. The van der Waals surface area contributed by atoms with E-state index in [-0.39, 0.29) is 19.0 Å². The maximum atomic E-state index is 12.2. The minimum atomic E-state index is -0.899. The molecule has 0 spiro atoms. The van der Waals surface area contributed by atoms with Crippen LogP contribution in [-0.2, 0) is 14.2 Å². The summed E-state index contributed by atoms with van der Waals surface area (Å²) in [5.74, 6) is 2.41. The number of aromatic nitrogens is 3. The van der Waals surface area contributed by atoms with Gasteiger partial charge in [0, 0.05) is 37.3 Å². The van der Waals surface area contributed by atoms with Crippen molar-refractivity contribution < 1.29 is 34.0 Å². The van der Waals surface area contributed by atoms with E-state index in [0.717, 1.165) is 29.8 Å². The lowest BCUT2D eigenvalue weighted by Crippen LogP contribution is -2.42. The maximum absolute atomic E-state index is 12.2. The van der Waals surface area contributed by atoms with Gasteiger partial charge < -0.3 is 34.1 Å². The van der Waals surface area contributed by atoms with E-state index in [1.54, 1.807) is 12.2 Å². The van der Waals surface area contributed by atoms with Crippen LogP contribution in [0.1, 0.15) is 6.42 Å². The number of amides is 1. The molecule has 2 aromatic carbocycles. The third kappa shape index (κ3) is 7.65. The zero-order valence-corrected chi connectivity index (χ0v) is 25.0. The number of hydrogen-bond donors (Lipinski definition) is 4. The fraction of sp³-hybridized carbons (Fsp3) is 0.344. The van der Waals surface area contributed by atoms with Crippen molar-refractivity contribution in [3.63, 3.8) is 0 Å². The number of imidazole rings is 1. The van der Waals surface area contributed by atoms with Crippen molar-refractivity contribution in [3.05, 3.63) is 59.6 Å². The van der Waals surface area contributed by atoms with Crippen molar-refractivity contribution >= 4 is 34.5 Å². The molecular formula is C32H32ClN5O7. The summed E-state index contributed by atoms with van der Waals surface area (Å²) in [7, 11) is 0. The Morgan fingerprint density at radius 3 is 2.51 bits per heavy atom. The number of anilines is 1. The highest BCUT2D eigenvalue weighted by atomic mass is 35.5. The highest BCUT2D eigenvalue weighted by Crippen LogP contribution is 2.32. The first kappa shape index (κ1) is 30.6. The fourth-order valence-electron chi connectivity index (χ4n) is 5.19. The predicted octanol–water partition coefficient (Wildman–Crippen LogP) is 4.06. The molecule has 4 N–H and O–H groups in total. The highest BCUT2D eigenvalue weighted by Gasteiger charge is 2.31. The molecule has 0 aliphatic carbocycles. The van der Waals surface area contributed by atoms with Crippen LogP contribution in [0.4, 0.5) is 10.5 Å². The summed E-state index contributed by atoms with van der Waals surface area (Å²) in [5.41, 5.74) is 5.02. The molecular weight excluding hydrogens is 602 g/mol. The molecule has 2 fully saturated rings. The number of benzene rings is 2. The summed E-state index contributed by atoms with van der Waals surface area (Å²) in [5, 5.41) is 22.2. The number of H-pyrrole nitrogens is 1. The van der Waals surface area contributed by atoms with E-state index in [1.165, 1.54) is 0 Å². The molecule has 0 saturated carbocycles. The van der Waals surface area contributed by atoms with Gasteiger partial charge >= 0.3 is 6.09 Å². The second kappa shape index (κ2) is 14.2. The molecule has 12 nitrogen and oxygen atoms in total. The molecule has 2 aliphatic heterocycles. The lowest BCUT2D eigenvalue weighted by Gasteiger charge is -2.29. The topological polar surface area (TPSA) is 151 Å². The Bertz CT molecular complexity index is 1680. The Kier molecular flexibility index (Phi) is 9.63. The first-order chi connectivity index (χ1) is 21.9. The first-order valence-corrected chi connectivity index (χ1v) is 14.9. The molecule has 45 heavy (non-hydrogen) atoms. The first-order valence-electron chi connectivity index (χ1n) is 14.6. The Labute approximate surface area is 264 Å². The molecule has 13 heteroatoms. The molecule has 2 aromatic heterocycles. The van der Waals surface area contributed by atoms with Crippen molar-refractivity contribution in [2.45, 2.75) is 24.7 Å². The van der Waals surface area contributed by atoms with Crippen LogP contribution in [0, 0.1) is 12.0 Å². The number of carbonyl (C=O) groups excluding carboxylic acids is 1. The van der Waals surface area contributed by atoms with E-state index < -0.39 is 24.4 Å². The number of fused-ring (bicyclic) bond motifs is 1. The number of hydrogen-bond acceptors (Lipinski definition) is 10. The zero-order chi connectivity index (χ0) is 31.2. The zero-order valence-electron chi connectivity index (χ0n) is 24.2. The Morgan fingerprint density at radius 2 is 1.80 bits per heavy atom. The summed E-state index contributed by atoms with van der Waals surface area (Å²) >= 11 is 6.60. The number of nitrogens with one attached hydrogen (secondary N) is 2. The fourth-order valence-corrected chi connectivity index (χ4v) is 5.45. The summed E-state index contributed by atoms with van der Waals surface area (Å²) in [6.07, 6.45) is -0.561. The maximum Gasteiger partial charge on any atom is 0.411 e. The molecule has 1 amide bonds. The molecule has 2 saturated heterocycles. The van der Waals surface area contributed by atoms with Gasteiger partial charge in [0.1, 0.15) is 24.9 Å². The summed E-state index contributed by atoms with van der Waals surface area (Å²) in [6.45, 7) is 4.30. The molecule has 3 atom stereocenters. The van der Waals surface area contributed by atoms with Gasteiger partial charge in [-0.3, -0.25) is 10.2 Å². The second-order valence-electron chi connectivity index (χ2n) is 10.7. The van der Waals surface area contributed by atoms with E-state index in [2.05, 4.69) is 31.1 Å². The molecule has 234 valence electrons. The van der Waals surface area contributed by atoms with Crippen molar-refractivity contribution in [2.75, 3.05) is 51.4 Å². The van der Waals surface area contributed by atoms with Crippen LogP contribution in [-0.4, -0.2) is 101 Å². The minimum Gasteiger partial charge on any atom is -0.462 e. The van der Waals surface area contributed by atoms with Crippen LogP contribution >= 0.6 is 11.6 Å². The molecule has 6 rings (SSSR count). The van der Waals surface area contributed by atoms with Gasteiger partial charge in [0.2, 0.25) is 0 Å². The number of rotatable bonds is 8. The Morgan fingerprint density at radius 1 is 1.09 bits per heavy atom. The number of aliphatic hydroxyl groups excluding tert-OH is 2. The van der Waals surface area contributed by atoms with Crippen LogP contribution < -0.4 is 10.1 Å². The average Bonchev–Trinajstić information content (AvgIpc) is 3.44. The van der Waals surface area contributed by atoms with Gasteiger partial charge in [-0.2, -0.15) is 4.98 Å². The summed E-state index contributed by atoms with van der Waals surface area (Å²) in [4.78, 5) is 26.6. The monoisotopic (exact) mass is 633 g/mol. The van der Waals surface area contributed by atoms with Gasteiger partial charge in [0.05, 0.1) is 42.2 Å². The molecule has 4 heterocycles. The number of aromatic amines is 1. The number of pyridine rings is 1. The lowest BCUT2D eigenvalue weighted by atomic mass is 10.0. The standard InChI is InChI=1S/C32H32ClN5O7/c33-25-18-26-30(37-31(35-26)45-24-17-27(40)28(9-13-39)44-19-24)36-29(25)22-3-1-20(2-4-22)21-5-7-23(8-6-21)34-32(41)43-16-12-38-10-14-42-15-11-38/h1-8,18,24,27-28,39-40H,10-12,14-17,19H2,(H,34,41)(H,35,36,37)/t24-,27+,28-/m1/s1. The molecule has 0 radical (unpaired) electrons. The number of carbonyl (C=O) groups is 1. The number of nitrogens with zero attached hydrogens (tertiary/aromatic N) is 3. The van der Waals surface area contributed by atoms with Crippen molar-refractivity contribution in [2.24, 2.45) is 0 Å². The number of aliphatic hydroxyl groups is 2. The van der Waals surface area contributed by atoms with Crippen LogP contribution in [0.5, 0.6) is 6.01 Å². The van der Waals surface area contributed by atoms with Gasteiger partial charge in [0.15, 0.2) is 5.65 Å².